The second-order valence-electron chi connectivity index (χ2n) is 6.44. The first-order valence-corrected chi connectivity index (χ1v) is 8.78. The van der Waals surface area contributed by atoms with Gasteiger partial charge in [-0.15, -0.1) is 0 Å². The number of hydrogen-bond donors (Lipinski definition) is 3. The molecule has 0 fully saturated rings. The molecule has 138 valence electrons. The van der Waals surface area contributed by atoms with Crippen molar-refractivity contribution >= 4 is 17.5 Å². The van der Waals surface area contributed by atoms with E-state index in [9.17, 15) is 9.59 Å². The highest BCUT2D eigenvalue weighted by molar-refractivity contribution is 6.09. The summed E-state index contributed by atoms with van der Waals surface area (Å²) < 4.78 is 0. The molecule has 2 rings (SSSR count). The molecule has 0 aliphatic heterocycles. The number of nitrogens with zero attached hydrogens (tertiary/aromatic N) is 1. The van der Waals surface area contributed by atoms with Gasteiger partial charge in [0.1, 0.15) is 0 Å². The van der Waals surface area contributed by atoms with E-state index in [2.05, 4.69) is 15.6 Å². The number of aromatic nitrogens is 1. The summed E-state index contributed by atoms with van der Waals surface area (Å²) in [5.74, 6) is -0.540. The van der Waals surface area contributed by atoms with Gasteiger partial charge in [-0.25, -0.2) is 0 Å². The molecule has 0 aliphatic rings. The predicted molar refractivity (Wildman–Crippen MR) is 103 cm³/mol. The third kappa shape index (κ3) is 4.67. The molecule has 1 heterocycles. The average molecular weight is 354 g/mol. The Hall–Kier alpha value is -2.73. The van der Waals surface area contributed by atoms with Crippen molar-refractivity contribution in [3.05, 3.63) is 59.4 Å². The fraction of sp³-hybridized carbons (Fsp3) is 0.350. The Morgan fingerprint density at radius 3 is 2.35 bits per heavy atom. The molecule has 0 saturated carbocycles. The van der Waals surface area contributed by atoms with E-state index in [1.54, 1.807) is 36.7 Å². The van der Waals surface area contributed by atoms with Gasteiger partial charge >= 0.3 is 0 Å². The maximum atomic E-state index is 12.7. The van der Waals surface area contributed by atoms with Gasteiger partial charge in [-0.1, -0.05) is 26.0 Å². The summed E-state index contributed by atoms with van der Waals surface area (Å²) in [6.45, 7) is 6.24. The Morgan fingerprint density at radius 2 is 1.73 bits per heavy atom. The van der Waals surface area contributed by atoms with Crippen molar-refractivity contribution in [1.82, 2.24) is 10.3 Å². The molecule has 0 saturated heterocycles. The second kappa shape index (κ2) is 8.58. The molecule has 0 spiro atoms. The summed E-state index contributed by atoms with van der Waals surface area (Å²) in [4.78, 5) is 29.1. The normalized spacial score (nSPS) is 11.1. The largest absolute Gasteiger partial charge is 0.350 e. The van der Waals surface area contributed by atoms with Crippen LogP contribution in [0.4, 0.5) is 5.69 Å². The lowest BCUT2D eigenvalue weighted by molar-refractivity contribution is 0.0943. The van der Waals surface area contributed by atoms with Gasteiger partial charge < -0.3 is 16.4 Å². The molecule has 0 atom stereocenters. The van der Waals surface area contributed by atoms with Gasteiger partial charge in [-0.05, 0) is 43.5 Å². The lowest BCUT2D eigenvalue weighted by Gasteiger charge is -2.27. The fourth-order valence-corrected chi connectivity index (χ4v) is 2.56. The van der Waals surface area contributed by atoms with Gasteiger partial charge in [-0.3, -0.25) is 14.6 Å². The number of aryl methyl sites for hydroxylation is 1. The minimum absolute atomic E-state index is 0.254. The summed E-state index contributed by atoms with van der Waals surface area (Å²) in [6.07, 6.45) is 4.64. The number of rotatable bonds is 7. The van der Waals surface area contributed by atoms with Gasteiger partial charge in [0.25, 0.3) is 11.8 Å². The van der Waals surface area contributed by atoms with Gasteiger partial charge in [0.05, 0.1) is 11.3 Å². The molecule has 1 aromatic heterocycles. The van der Waals surface area contributed by atoms with E-state index < -0.39 is 5.54 Å². The number of amides is 2. The zero-order chi connectivity index (χ0) is 19.2. The van der Waals surface area contributed by atoms with E-state index in [1.165, 1.54) is 0 Å². The van der Waals surface area contributed by atoms with E-state index in [-0.39, 0.29) is 11.8 Å². The number of carbonyl (C=O) groups is 2. The van der Waals surface area contributed by atoms with Crippen molar-refractivity contribution < 1.29 is 9.59 Å². The van der Waals surface area contributed by atoms with E-state index in [0.29, 0.717) is 23.4 Å². The van der Waals surface area contributed by atoms with Crippen molar-refractivity contribution in [3.63, 3.8) is 0 Å². The average Bonchev–Trinajstić information content (AvgIpc) is 2.68. The monoisotopic (exact) mass is 354 g/mol. The zero-order valence-electron chi connectivity index (χ0n) is 15.5. The van der Waals surface area contributed by atoms with E-state index in [4.69, 9.17) is 5.73 Å². The standard InChI is InChI=1S/C20H26N4O2/c1-4-20(21,5-2)13-23-19(26)16-8-6-7-14(3)17(16)24-18(25)15-9-11-22-12-10-15/h6-12H,4-5,13,21H2,1-3H3,(H,23,26)(H,24,25). The highest BCUT2D eigenvalue weighted by atomic mass is 16.2. The highest BCUT2D eigenvalue weighted by Crippen LogP contribution is 2.22. The lowest BCUT2D eigenvalue weighted by atomic mass is 9.94. The van der Waals surface area contributed by atoms with E-state index in [0.717, 1.165) is 18.4 Å². The Kier molecular flexibility index (Phi) is 6.46. The van der Waals surface area contributed by atoms with Crippen LogP contribution in [-0.2, 0) is 0 Å². The number of anilines is 1. The summed E-state index contributed by atoms with van der Waals surface area (Å²) in [7, 11) is 0. The molecule has 6 heteroatoms. The minimum Gasteiger partial charge on any atom is -0.350 e. The molecule has 6 nitrogen and oxygen atoms in total. The van der Waals surface area contributed by atoms with Crippen LogP contribution in [0.5, 0.6) is 0 Å². The van der Waals surface area contributed by atoms with Crippen molar-refractivity contribution in [2.24, 2.45) is 5.73 Å². The number of hydrogen-bond acceptors (Lipinski definition) is 4. The molecule has 0 unspecified atom stereocenters. The van der Waals surface area contributed by atoms with Crippen molar-refractivity contribution in [2.45, 2.75) is 39.2 Å². The van der Waals surface area contributed by atoms with Crippen molar-refractivity contribution in [1.29, 1.82) is 0 Å². The van der Waals surface area contributed by atoms with Gasteiger partial charge in [-0.2, -0.15) is 0 Å². The van der Waals surface area contributed by atoms with Crippen LogP contribution in [0.2, 0.25) is 0 Å². The first-order chi connectivity index (χ1) is 12.4. The molecule has 4 N–H and O–H groups in total. The van der Waals surface area contributed by atoms with Crippen LogP contribution < -0.4 is 16.4 Å². The predicted octanol–water partition coefficient (Wildman–Crippen LogP) is 2.89. The van der Waals surface area contributed by atoms with Crippen LogP contribution in [0.1, 0.15) is 53.0 Å². The number of benzene rings is 1. The molecule has 2 amide bonds. The molecule has 0 aliphatic carbocycles. The third-order valence-corrected chi connectivity index (χ3v) is 4.71. The molecular formula is C20H26N4O2. The summed E-state index contributed by atoms with van der Waals surface area (Å²) in [5.41, 5.74) is 8.04. The summed E-state index contributed by atoms with van der Waals surface area (Å²) in [5, 5.41) is 5.74. The molecular weight excluding hydrogens is 328 g/mol. The SMILES string of the molecule is CCC(N)(CC)CNC(=O)c1cccc(C)c1NC(=O)c1ccncc1. The first kappa shape index (κ1) is 19.6. The minimum atomic E-state index is -0.431. The van der Waals surface area contributed by atoms with Crippen LogP contribution in [0.25, 0.3) is 0 Å². The van der Waals surface area contributed by atoms with Gasteiger partial charge in [0.15, 0.2) is 0 Å². The molecule has 1 aromatic carbocycles. The first-order valence-electron chi connectivity index (χ1n) is 8.78. The number of carbonyl (C=O) groups excluding carboxylic acids is 2. The molecule has 0 bridgehead atoms. The molecule has 26 heavy (non-hydrogen) atoms. The van der Waals surface area contributed by atoms with Crippen molar-refractivity contribution in [2.75, 3.05) is 11.9 Å². The Morgan fingerprint density at radius 1 is 1.08 bits per heavy atom. The van der Waals surface area contributed by atoms with E-state index in [1.807, 2.05) is 26.8 Å². The molecule has 0 radical (unpaired) electrons. The smallest absolute Gasteiger partial charge is 0.255 e. The van der Waals surface area contributed by atoms with Crippen LogP contribution >= 0.6 is 0 Å². The second-order valence-corrected chi connectivity index (χ2v) is 6.44. The van der Waals surface area contributed by atoms with Crippen LogP contribution in [0, 0.1) is 6.92 Å². The maximum absolute atomic E-state index is 12.7. The van der Waals surface area contributed by atoms with Crippen LogP contribution in [-0.4, -0.2) is 28.9 Å². The third-order valence-electron chi connectivity index (χ3n) is 4.71. The Labute approximate surface area is 154 Å². The van der Waals surface area contributed by atoms with Gasteiger partial charge in [0.2, 0.25) is 0 Å². The summed E-state index contributed by atoms with van der Waals surface area (Å²) >= 11 is 0. The number of nitrogens with one attached hydrogen (secondary N) is 2. The highest BCUT2D eigenvalue weighted by Gasteiger charge is 2.23. The number of pyridine rings is 1. The van der Waals surface area contributed by atoms with E-state index >= 15 is 0 Å². The summed E-state index contributed by atoms with van der Waals surface area (Å²) in [6, 6.07) is 8.59. The Balaban J connectivity index is 2.21. The quantitative estimate of drug-likeness (QED) is 0.712. The van der Waals surface area contributed by atoms with Crippen molar-refractivity contribution in [3.8, 4) is 0 Å². The topological polar surface area (TPSA) is 97.1 Å². The number of nitrogens with two attached hydrogens (primary N) is 1. The van der Waals surface area contributed by atoms with Crippen LogP contribution in [0.15, 0.2) is 42.7 Å². The van der Waals surface area contributed by atoms with Gasteiger partial charge in [0, 0.05) is 30.0 Å². The number of para-hydroxylation sites is 1. The molecule has 2 aromatic rings. The maximum Gasteiger partial charge on any atom is 0.255 e. The zero-order valence-corrected chi connectivity index (χ0v) is 15.5. The lowest BCUT2D eigenvalue weighted by Crippen LogP contribution is -2.49. The van der Waals surface area contributed by atoms with Crippen LogP contribution in [0.3, 0.4) is 0 Å². The Bertz CT molecular complexity index is 771. The fourth-order valence-electron chi connectivity index (χ4n) is 2.56.